The molecule has 4 heteroatoms. The molecular weight excluding hydrogens is 252 g/mol. The molecule has 1 saturated heterocycles. The molecule has 0 saturated carbocycles. The van der Waals surface area contributed by atoms with Gasteiger partial charge in [0.15, 0.2) is 0 Å². The summed E-state index contributed by atoms with van der Waals surface area (Å²) in [5, 5.41) is 2.87. The number of nitrogens with zero attached hydrogens (tertiary/aromatic N) is 1. The quantitative estimate of drug-likeness (QED) is 0.696. The highest BCUT2D eigenvalue weighted by Gasteiger charge is 2.45. The minimum Gasteiger partial charge on any atom is -0.342 e. The number of rotatable bonds is 8. The Kier molecular flexibility index (Phi) is 6.50. The van der Waals surface area contributed by atoms with Gasteiger partial charge in [0, 0.05) is 6.54 Å². The predicted molar refractivity (Wildman–Crippen MR) is 81.4 cm³/mol. The fraction of sp³-hybridized carbons (Fsp3) is 0.875. The Morgan fingerprint density at radius 3 is 2.30 bits per heavy atom. The van der Waals surface area contributed by atoms with E-state index in [2.05, 4.69) is 12.2 Å². The van der Waals surface area contributed by atoms with Crippen molar-refractivity contribution in [3.8, 4) is 0 Å². The Morgan fingerprint density at radius 1 is 1.05 bits per heavy atom. The van der Waals surface area contributed by atoms with Gasteiger partial charge in [0.2, 0.25) is 11.8 Å². The van der Waals surface area contributed by atoms with Crippen LogP contribution in [0.25, 0.3) is 0 Å². The summed E-state index contributed by atoms with van der Waals surface area (Å²) in [4.78, 5) is 26.5. The molecule has 20 heavy (non-hydrogen) atoms. The molecule has 1 aliphatic rings. The maximum Gasteiger partial charge on any atom is 0.246 e. The molecule has 2 amide bonds. The van der Waals surface area contributed by atoms with Gasteiger partial charge >= 0.3 is 0 Å². The van der Waals surface area contributed by atoms with Crippen molar-refractivity contribution in [1.29, 1.82) is 0 Å². The molecule has 1 unspecified atom stereocenters. The molecular formula is C16H30N2O2. The maximum absolute atomic E-state index is 12.5. The largest absolute Gasteiger partial charge is 0.342 e. The summed E-state index contributed by atoms with van der Waals surface area (Å²) in [7, 11) is 0. The van der Waals surface area contributed by atoms with E-state index in [-0.39, 0.29) is 17.9 Å². The summed E-state index contributed by atoms with van der Waals surface area (Å²) in [6.45, 7) is 8.61. The van der Waals surface area contributed by atoms with Crippen molar-refractivity contribution in [3.63, 3.8) is 0 Å². The summed E-state index contributed by atoms with van der Waals surface area (Å²) in [5.74, 6) is 0.0658. The van der Waals surface area contributed by atoms with E-state index < -0.39 is 5.54 Å². The van der Waals surface area contributed by atoms with E-state index >= 15 is 0 Å². The molecule has 4 nitrogen and oxygen atoms in total. The third-order valence-electron chi connectivity index (χ3n) is 4.16. The van der Waals surface area contributed by atoms with E-state index in [1.807, 2.05) is 20.8 Å². The van der Waals surface area contributed by atoms with E-state index in [9.17, 15) is 9.59 Å². The number of amides is 2. The Morgan fingerprint density at radius 2 is 1.70 bits per heavy atom. The molecule has 1 aliphatic heterocycles. The van der Waals surface area contributed by atoms with Gasteiger partial charge in [-0.15, -0.1) is 0 Å². The molecule has 0 aromatic rings. The van der Waals surface area contributed by atoms with Crippen LogP contribution in [0.1, 0.15) is 72.6 Å². The Balaban J connectivity index is 2.62. The van der Waals surface area contributed by atoms with Crippen LogP contribution in [0.4, 0.5) is 0 Å². The van der Waals surface area contributed by atoms with Crippen LogP contribution in [0.3, 0.4) is 0 Å². The third kappa shape index (κ3) is 3.97. The number of piperazine rings is 1. The van der Waals surface area contributed by atoms with Crippen LogP contribution in [0, 0.1) is 0 Å². The summed E-state index contributed by atoms with van der Waals surface area (Å²) in [6.07, 6.45) is 7.43. The van der Waals surface area contributed by atoms with Crippen LogP contribution < -0.4 is 5.32 Å². The zero-order valence-electron chi connectivity index (χ0n) is 13.5. The Hall–Kier alpha value is -1.06. The van der Waals surface area contributed by atoms with E-state index in [1.165, 1.54) is 19.3 Å². The predicted octanol–water partition coefficient (Wildman–Crippen LogP) is 2.86. The number of carbonyl (C=O) groups excluding carboxylic acids is 2. The van der Waals surface area contributed by atoms with Gasteiger partial charge in [-0.2, -0.15) is 0 Å². The van der Waals surface area contributed by atoms with Crippen LogP contribution in [0.15, 0.2) is 0 Å². The maximum atomic E-state index is 12.5. The zero-order valence-corrected chi connectivity index (χ0v) is 13.5. The van der Waals surface area contributed by atoms with Crippen molar-refractivity contribution in [2.45, 2.75) is 84.2 Å². The molecule has 1 N–H and O–H groups in total. The first-order valence-corrected chi connectivity index (χ1v) is 8.07. The number of hydrogen-bond donors (Lipinski definition) is 1. The highest BCUT2D eigenvalue weighted by molar-refractivity contribution is 5.99. The Bertz CT molecular complexity index is 339. The lowest BCUT2D eigenvalue weighted by atomic mass is 9.93. The fourth-order valence-electron chi connectivity index (χ4n) is 2.73. The molecule has 1 heterocycles. The van der Waals surface area contributed by atoms with Crippen molar-refractivity contribution in [1.82, 2.24) is 10.2 Å². The molecule has 1 fully saturated rings. The summed E-state index contributed by atoms with van der Waals surface area (Å²) in [5.41, 5.74) is -0.716. The van der Waals surface area contributed by atoms with E-state index in [0.717, 1.165) is 25.7 Å². The molecule has 0 aliphatic carbocycles. The van der Waals surface area contributed by atoms with Crippen molar-refractivity contribution >= 4 is 11.8 Å². The summed E-state index contributed by atoms with van der Waals surface area (Å²) < 4.78 is 0. The van der Waals surface area contributed by atoms with Crippen LogP contribution in [-0.2, 0) is 9.59 Å². The molecule has 0 aromatic carbocycles. The van der Waals surface area contributed by atoms with Crippen LogP contribution in [0.2, 0.25) is 0 Å². The molecule has 1 atom stereocenters. The van der Waals surface area contributed by atoms with Crippen molar-refractivity contribution < 1.29 is 9.59 Å². The van der Waals surface area contributed by atoms with Gasteiger partial charge in [0.25, 0.3) is 0 Å². The SMILES string of the molecule is CCCCCCCN1C(=O)C(CCC)NC(=O)C1(C)C. The molecule has 0 spiro atoms. The van der Waals surface area contributed by atoms with Gasteiger partial charge in [-0.05, 0) is 26.7 Å². The minimum absolute atomic E-state index is 0.0240. The van der Waals surface area contributed by atoms with E-state index in [4.69, 9.17) is 0 Å². The second-order valence-corrected chi connectivity index (χ2v) is 6.28. The molecule has 0 bridgehead atoms. The standard InChI is InChI=1S/C16H30N2O2/c1-5-7-8-9-10-12-18-14(19)13(11-6-2)17-15(20)16(18,3)4/h13H,5-12H2,1-4H3,(H,17,20). The average Bonchev–Trinajstić information content (AvgIpc) is 2.39. The average molecular weight is 282 g/mol. The third-order valence-corrected chi connectivity index (χ3v) is 4.16. The lowest BCUT2D eigenvalue weighted by Crippen LogP contribution is -2.68. The smallest absolute Gasteiger partial charge is 0.246 e. The molecule has 1 rings (SSSR count). The second-order valence-electron chi connectivity index (χ2n) is 6.28. The minimum atomic E-state index is -0.716. The Labute approximate surface area is 123 Å². The van der Waals surface area contributed by atoms with Crippen LogP contribution in [0.5, 0.6) is 0 Å². The first-order chi connectivity index (χ1) is 9.45. The fourth-order valence-corrected chi connectivity index (χ4v) is 2.73. The van der Waals surface area contributed by atoms with Crippen molar-refractivity contribution in [2.75, 3.05) is 6.54 Å². The highest BCUT2D eigenvalue weighted by Crippen LogP contribution is 2.23. The van der Waals surface area contributed by atoms with Crippen molar-refractivity contribution in [2.24, 2.45) is 0 Å². The molecule has 116 valence electrons. The topological polar surface area (TPSA) is 49.4 Å². The van der Waals surface area contributed by atoms with Gasteiger partial charge < -0.3 is 10.2 Å². The first-order valence-electron chi connectivity index (χ1n) is 8.07. The highest BCUT2D eigenvalue weighted by atomic mass is 16.2. The van der Waals surface area contributed by atoms with Crippen LogP contribution in [-0.4, -0.2) is 34.8 Å². The van der Waals surface area contributed by atoms with Gasteiger partial charge in [0.05, 0.1) is 0 Å². The van der Waals surface area contributed by atoms with Crippen molar-refractivity contribution in [3.05, 3.63) is 0 Å². The number of carbonyl (C=O) groups is 2. The summed E-state index contributed by atoms with van der Waals surface area (Å²) in [6, 6.07) is -0.323. The number of unbranched alkanes of at least 4 members (excludes halogenated alkanes) is 4. The monoisotopic (exact) mass is 282 g/mol. The normalized spacial score (nSPS) is 22.0. The lowest BCUT2D eigenvalue weighted by Gasteiger charge is -2.44. The zero-order chi connectivity index (χ0) is 15.2. The number of nitrogens with one attached hydrogen (secondary N) is 1. The van der Waals surface area contributed by atoms with Gasteiger partial charge in [-0.3, -0.25) is 9.59 Å². The van der Waals surface area contributed by atoms with E-state index in [0.29, 0.717) is 6.54 Å². The number of hydrogen-bond acceptors (Lipinski definition) is 2. The van der Waals surface area contributed by atoms with E-state index in [1.54, 1.807) is 4.90 Å². The molecule has 0 aromatic heterocycles. The first kappa shape index (κ1) is 17.0. The van der Waals surface area contributed by atoms with Gasteiger partial charge in [0.1, 0.15) is 11.6 Å². The van der Waals surface area contributed by atoms with Crippen LogP contribution >= 0.6 is 0 Å². The van der Waals surface area contributed by atoms with Gasteiger partial charge in [-0.25, -0.2) is 0 Å². The van der Waals surface area contributed by atoms with Gasteiger partial charge in [-0.1, -0.05) is 46.0 Å². The summed E-state index contributed by atoms with van der Waals surface area (Å²) >= 11 is 0. The lowest BCUT2D eigenvalue weighted by molar-refractivity contribution is -0.155. The molecule has 0 radical (unpaired) electrons. The second kappa shape index (κ2) is 7.65.